The van der Waals surface area contributed by atoms with Gasteiger partial charge < -0.3 is 9.82 Å². The van der Waals surface area contributed by atoms with Crippen LogP contribution in [-0.2, 0) is 17.6 Å². The summed E-state index contributed by atoms with van der Waals surface area (Å²) in [6, 6.07) is 6.18. The van der Waals surface area contributed by atoms with E-state index in [9.17, 15) is 13.2 Å². The van der Waals surface area contributed by atoms with Gasteiger partial charge in [-0.25, -0.2) is 0 Å². The minimum Gasteiger partial charge on any atom is -0.351 e. The minimum atomic E-state index is -4.36. The van der Waals surface area contributed by atoms with Crippen molar-refractivity contribution in [3.63, 3.8) is 0 Å². The Morgan fingerprint density at radius 3 is 2.76 bits per heavy atom. The molecule has 0 bridgehead atoms. The normalized spacial score (nSPS) is 12.2. The fourth-order valence-corrected chi connectivity index (χ4v) is 1.67. The van der Waals surface area contributed by atoms with Crippen LogP contribution in [-0.4, -0.2) is 12.1 Å². The largest absolute Gasteiger partial charge is 0.431 e. The molecule has 0 aliphatic rings. The number of fused-ring (bicyclic) bond motifs is 1. The van der Waals surface area contributed by atoms with Gasteiger partial charge in [-0.05, 0) is 17.7 Å². The zero-order valence-electron chi connectivity index (χ0n) is 9.06. The van der Waals surface area contributed by atoms with E-state index in [-0.39, 0.29) is 0 Å². The lowest BCUT2D eigenvalue weighted by Gasteiger charge is -2.03. The van der Waals surface area contributed by atoms with Crippen molar-refractivity contribution in [3.8, 4) is 0 Å². The molecule has 0 aliphatic heterocycles. The lowest BCUT2D eigenvalue weighted by Crippen LogP contribution is -2.10. The van der Waals surface area contributed by atoms with Crippen LogP contribution in [0.25, 0.3) is 10.9 Å². The van der Waals surface area contributed by atoms with Crippen LogP contribution in [0.5, 0.6) is 0 Å². The molecule has 6 heteroatoms. The van der Waals surface area contributed by atoms with E-state index in [2.05, 4.69) is 15.3 Å². The highest BCUT2D eigenvalue weighted by molar-refractivity contribution is 5.84. The molecule has 2 N–H and O–H groups in total. The number of aromatic amines is 1. The molecule has 0 atom stereocenters. The van der Waals surface area contributed by atoms with Crippen molar-refractivity contribution in [2.75, 3.05) is 7.11 Å². The van der Waals surface area contributed by atoms with Gasteiger partial charge in [-0.2, -0.15) is 18.7 Å². The summed E-state index contributed by atoms with van der Waals surface area (Å²) in [6.45, 7) is 0.350. The van der Waals surface area contributed by atoms with Crippen LogP contribution in [0.15, 0.2) is 24.3 Å². The third-order valence-corrected chi connectivity index (χ3v) is 2.47. The molecule has 0 amide bonds. The van der Waals surface area contributed by atoms with Crippen molar-refractivity contribution in [2.24, 2.45) is 0 Å². The first kappa shape index (κ1) is 11.9. The summed E-state index contributed by atoms with van der Waals surface area (Å²) in [5.74, 6) is 0. The summed E-state index contributed by atoms with van der Waals surface area (Å²) in [5, 5.41) is 0.546. The third-order valence-electron chi connectivity index (χ3n) is 2.47. The number of benzene rings is 1. The smallest absolute Gasteiger partial charge is 0.351 e. The van der Waals surface area contributed by atoms with Crippen LogP contribution in [0.4, 0.5) is 13.2 Å². The highest BCUT2D eigenvalue weighted by Crippen LogP contribution is 2.32. The van der Waals surface area contributed by atoms with Crippen LogP contribution in [0.1, 0.15) is 11.3 Å². The van der Waals surface area contributed by atoms with Crippen LogP contribution in [0.2, 0.25) is 0 Å². The van der Waals surface area contributed by atoms with E-state index in [1.165, 1.54) is 7.11 Å². The standard InChI is InChI=1S/C11H11F3N2O/c1-17-15-6-7-3-2-4-9-8(7)5-10(16-9)11(12,13)14/h2-5,15-16H,6H2,1H3. The van der Waals surface area contributed by atoms with Gasteiger partial charge in [0, 0.05) is 17.4 Å². The van der Waals surface area contributed by atoms with Gasteiger partial charge in [0.2, 0.25) is 0 Å². The van der Waals surface area contributed by atoms with Gasteiger partial charge in [0.1, 0.15) is 5.69 Å². The molecule has 1 aromatic carbocycles. The average Bonchev–Trinajstić information content (AvgIpc) is 2.70. The fraction of sp³-hybridized carbons (Fsp3) is 0.273. The Hall–Kier alpha value is -1.53. The average molecular weight is 244 g/mol. The molecule has 2 aromatic rings. The fourth-order valence-electron chi connectivity index (χ4n) is 1.67. The van der Waals surface area contributed by atoms with Gasteiger partial charge in [-0.15, -0.1) is 0 Å². The van der Waals surface area contributed by atoms with Gasteiger partial charge in [0.05, 0.1) is 7.11 Å². The first-order valence-corrected chi connectivity index (χ1v) is 4.96. The Morgan fingerprint density at radius 2 is 2.12 bits per heavy atom. The zero-order valence-corrected chi connectivity index (χ0v) is 9.06. The number of halogens is 3. The molecule has 0 saturated heterocycles. The molecule has 1 aromatic heterocycles. The third kappa shape index (κ3) is 2.42. The second-order valence-corrected chi connectivity index (χ2v) is 3.58. The monoisotopic (exact) mass is 244 g/mol. The topological polar surface area (TPSA) is 37.0 Å². The number of aromatic nitrogens is 1. The summed E-state index contributed by atoms with van der Waals surface area (Å²) >= 11 is 0. The Morgan fingerprint density at radius 1 is 1.35 bits per heavy atom. The molecular formula is C11H11F3N2O. The van der Waals surface area contributed by atoms with Gasteiger partial charge in [0.15, 0.2) is 0 Å². The predicted octanol–water partition coefficient (Wildman–Crippen LogP) is 2.84. The molecule has 2 rings (SSSR count). The number of H-pyrrole nitrogens is 1. The maximum atomic E-state index is 12.5. The van der Waals surface area contributed by atoms with Gasteiger partial charge in [0.25, 0.3) is 0 Å². The van der Waals surface area contributed by atoms with Crippen molar-refractivity contribution in [2.45, 2.75) is 12.7 Å². The maximum Gasteiger partial charge on any atom is 0.431 e. The number of hydrogen-bond acceptors (Lipinski definition) is 2. The molecule has 3 nitrogen and oxygen atoms in total. The van der Waals surface area contributed by atoms with E-state index in [4.69, 9.17) is 0 Å². The highest BCUT2D eigenvalue weighted by Gasteiger charge is 2.32. The Kier molecular flexibility index (Phi) is 3.08. The molecule has 17 heavy (non-hydrogen) atoms. The first-order chi connectivity index (χ1) is 8.02. The Balaban J connectivity index is 2.45. The van der Waals surface area contributed by atoms with Crippen molar-refractivity contribution >= 4 is 10.9 Å². The minimum absolute atomic E-state index is 0.350. The van der Waals surface area contributed by atoms with E-state index in [0.717, 1.165) is 11.6 Å². The summed E-state index contributed by atoms with van der Waals surface area (Å²) in [6.07, 6.45) is -4.36. The lowest BCUT2D eigenvalue weighted by molar-refractivity contribution is -0.140. The molecule has 92 valence electrons. The van der Waals surface area contributed by atoms with E-state index in [1.807, 2.05) is 0 Å². The number of rotatable bonds is 3. The second kappa shape index (κ2) is 4.38. The number of hydrogen-bond donors (Lipinski definition) is 2. The van der Waals surface area contributed by atoms with Gasteiger partial charge in [-0.1, -0.05) is 12.1 Å². The Labute approximate surface area is 95.5 Å². The van der Waals surface area contributed by atoms with Crippen molar-refractivity contribution in [1.29, 1.82) is 0 Å². The predicted molar refractivity (Wildman–Crippen MR) is 57.1 cm³/mol. The van der Waals surface area contributed by atoms with Gasteiger partial charge in [-0.3, -0.25) is 0 Å². The molecular weight excluding hydrogens is 233 g/mol. The van der Waals surface area contributed by atoms with E-state index < -0.39 is 11.9 Å². The number of hydroxylamine groups is 1. The summed E-state index contributed by atoms with van der Waals surface area (Å²) < 4.78 is 37.6. The van der Waals surface area contributed by atoms with E-state index >= 15 is 0 Å². The van der Waals surface area contributed by atoms with Crippen LogP contribution < -0.4 is 5.48 Å². The molecule has 0 fully saturated rings. The Bertz CT molecular complexity index is 519. The molecule has 0 saturated carbocycles. The molecule has 0 spiro atoms. The maximum absolute atomic E-state index is 12.5. The van der Waals surface area contributed by atoms with Crippen LogP contribution in [0, 0.1) is 0 Å². The number of alkyl halides is 3. The summed E-state index contributed by atoms with van der Waals surface area (Å²) in [7, 11) is 1.46. The zero-order chi connectivity index (χ0) is 12.5. The SMILES string of the molecule is CONCc1cccc2[nH]c(C(F)(F)F)cc12. The van der Waals surface area contributed by atoms with E-state index in [0.29, 0.717) is 17.4 Å². The van der Waals surface area contributed by atoms with Crippen molar-refractivity contribution in [1.82, 2.24) is 10.5 Å². The second-order valence-electron chi connectivity index (χ2n) is 3.58. The summed E-state index contributed by atoms with van der Waals surface area (Å²) in [4.78, 5) is 7.05. The van der Waals surface area contributed by atoms with Crippen LogP contribution in [0.3, 0.4) is 0 Å². The molecule has 0 aliphatic carbocycles. The van der Waals surface area contributed by atoms with E-state index in [1.54, 1.807) is 18.2 Å². The number of nitrogens with one attached hydrogen (secondary N) is 2. The molecule has 0 radical (unpaired) electrons. The lowest BCUT2D eigenvalue weighted by atomic mass is 10.1. The molecule has 0 unspecified atom stereocenters. The van der Waals surface area contributed by atoms with Gasteiger partial charge >= 0.3 is 6.18 Å². The molecule has 1 heterocycles. The first-order valence-electron chi connectivity index (χ1n) is 4.96. The highest BCUT2D eigenvalue weighted by atomic mass is 19.4. The van der Waals surface area contributed by atoms with Crippen molar-refractivity contribution < 1.29 is 18.0 Å². The summed E-state index contributed by atoms with van der Waals surface area (Å²) in [5.41, 5.74) is 3.08. The van der Waals surface area contributed by atoms with Crippen LogP contribution >= 0.6 is 0 Å². The van der Waals surface area contributed by atoms with Crippen molar-refractivity contribution in [3.05, 3.63) is 35.5 Å². The quantitative estimate of drug-likeness (QED) is 0.814.